The van der Waals surface area contributed by atoms with Crippen LogP contribution in [0.5, 0.6) is 0 Å². The lowest BCUT2D eigenvalue weighted by Gasteiger charge is -2.36. The summed E-state index contributed by atoms with van der Waals surface area (Å²) in [5.74, 6) is 0.689. The van der Waals surface area contributed by atoms with Crippen LogP contribution in [-0.2, 0) is 13.0 Å². The Bertz CT molecular complexity index is 782. The summed E-state index contributed by atoms with van der Waals surface area (Å²) in [7, 11) is 0. The van der Waals surface area contributed by atoms with E-state index in [9.17, 15) is 0 Å². The maximum atomic E-state index is 6.35. The second kappa shape index (κ2) is 8.92. The van der Waals surface area contributed by atoms with Gasteiger partial charge in [-0.05, 0) is 24.0 Å². The Morgan fingerprint density at radius 1 is 1.18 bits per heavy atom. The van der Waals surface area contributed by atoms with Crippen LogP contribution in [0.4, 0.5) is 5.13 Å². The molecule has 0 saturated carbocycles. The van der Waals surface area contributed by atoms with Gasteiger partial charge in [-0.2, -0.15) is 0 Å². The van der Waals surface area contributed by atoms with Crippen LogP contribution in [-0.4, -0.2) is 66.1 Å². The highest BCUT2D eigenvalue weighted by Crippen LogP contribution is 2.22. The van der Waals surface area contributed by atoms with Crippen molar-refractivity contribution in [2.75, 3.05) is 44.2 Å². The van der Waals surface area contributed by atoms with Gasteiger partial charge in [0.15, 0.2) is 11.1 Å². The predicted octanol–water partition coefficient (Wildman–Crippen LogP) is 2.42. The lowest BCUT2D eigenvalue weighted by atomic mass is 9.98. The third kappa shape index (κ3) is 4.31. The molecule has 2 aromatic rings. The largest absolute Gasteiger partial charge is 0.370 e. The molecule has 6 nitrogen and oxygen atoms in total. The van der Waals surface area contributed by atoms with Crippen molar-refractivity contribution in [3.05, 3.63) is 47.0 Å². The number of guanidine groups is 1. The van der Waals surface area contributed by atoms with Crippen molar-refractivity contribution in [3.8, 4) is 0 Å². The number of rotatable bonds is 5. The molecule has 0 aliphatic carbocycles. The Labute approximate surface area is 171 Å². The molecule has 0 radical (unpaired) electrons. The Morgan fingerprint density at radius 2 is 1.96 bits per heavy atom. The van der Waals surface area contributed by atoms with Crippen molar-refractivity contribution in [1.82, 2.24) is 14.8 Å². The minimum atomic E-state index is 0.448. The van der Waals surface area contributed by atoms with Gasteiger partial charge in [0.2, 0.25) is 0 Å². The second-order valence-corrected chi connectivity index (χ2v) is 8.41. The van der Waals surface area contributed by atoms with Gasteiger partial charge in [0.05, 0.1) is 6.54 Å². The zero-order chi connectivity index (χ0) is 19.3. The first kappa shape index (κ1) is 19.2. The summed E-state index contributed by atoms with van der Waals surface area (Å²) in [6.07, 6.45) is 4.09. The van der Waals surface area contributed by atoms with Gasteiger partial charge in [0, 0.05) is 56.9 Å². The first-order valence-electron chi connectivity index (χ1n) is 10.2. The minimum absolute atomic E-state index is 0.448. The molecule has 0 amide bonds. The van der Waals surface area contributed by atoms with Gasteiger partial charge in [0.1, 0.15) is 0 Å². The summed E-state index contributed by atoms with van der Waals surface area (Å²) in [4.78, 5) is 16.3. The van der Waals surface area contributed by atoms with Crippen LogP contribution in [0.3, 0.4) is 0 Å². The van der Waals surface area contributed by atoms with Crippen molar-refractivity contribution in [2.24, 2.45) is 10.7 Å². The van der Waals surface area contributed by atoms with Crippen LogP contribution < -0.4 is 10.6 Å². The molecule has 1 fully saturated rings. The lowest BCUT2D eigenvalue weighted by Crippen LogP contribution is -2.51. The fraction of sp³-hybridized carbons (Fsp3) is 0.524. The number of fused-ring (bicyclic) bond motifs is 1. The molecule has 4 rings (SSSR count). The highest BCUT2D eigenvalue weighted by molar-refractivity contribution is 7.13. The molecule has 7 heteroatoms. The monoisotopic (exact) mass is 398 g/mol. The van der Waals surface area contributed by atoms with Gasteiger partial charge < -0.3 is 15.5 Å². The highest BCUT2D eigenvalue weighted by Gasteiger charge is 2.23. The van der Waals surface area contributed by atoms with Gasteiger partial charge in [-0.15, -0.1) is 11.3 Å². The third-order valence-corrected chi connectivity index (χ3v) is 6.74. The molecule has 1 aromatic carbocycles. The normalized spacial score (nSPS) is 19.5. The number of thiazole rings is 1. The number of hydrogen-bond donors (Lipinski definition) is 1. The summed E-state index contributed by atoms with van der Waals surface area (Å²) >= 11 is 1.70. The zero-order valence-corrected chi connectivity index (χ0v) is 17.4. The number of nitrogens with zero attached hydrogens (tertiary/aromatic N) is 5. The molecule has 2 N–H and O–H groups in total. The molecule has 1 unspecified atom stereocenters. The summed E-state index contributed by atoms with van der Waals surface area (Å²) in [6, 6.07) is 9.25. The first-order valence-corrected chi connectivity index (χ1v) is 11.1. The van der Waals surface area contributed by atoms with Gasteiger partial charge >= 0.3 is 0 Å². The Kier molecular flexibility index (Phi) is 6.12. The number of hydrogen-bond acceptors (Lipinski definition) is 5. The van der Waals surface area contributed by atoms with Gasteiger partial charge in [-0.25, -0.2) is 4.98 Å². The van der Waals surface area contributed by atoms with E-state index in [-0.39, 0.29) is 0 Å². The Morgan fingerprint density at radius 3 is 2.68 bits per heavy atom. The van der Waals surface area contributed by atoms with E-state index in [4.69, 9.17) is 10.7 Å². The molecule has 28 heavy (non-hydrogen) atoms. The Balaban J connectivity index is 1.31. The van der Waals surface area contributed by atoms with Gasteiger partial charge in [-0.1, -0.05) is 31.2 Å². The van der Waals surface area contributed by atoms with Crippen molar-refractivity contribution in [1.29, 1.82) is 0 Å². The van der Waals surface area contributed by atoms with Crippen molar-refractivity contribution in [2.45, 2.75) is 32.4 Å². The molecule has 2 aliphatic heterocycles. The fourth-order valence-corrected chi connectivity index (χ4v) is 4.83. The lowest BCUT2D eigenvalue weighted by molar-refractivity contribution is 0.178. The standard InChI is InChI=1S/C21H30N6S/c1-2-19(27-9-7-17-5-3-4-6-18(17)16-27)15-24-20(22)25-10-12-26(13-11-25)21-23-8-14-28-21/h3-6,8,14,19H,2,7,9-13,15-16H2,1H3,(H2,22,24). The van der Waals surface area contributed by atoms with Crippen LogP contribution in [0.15, 0.2) is 40.8 Å². The minimum Gasteiger partial charge on any atom is -0.370 e. The van der Waals surface area contributed by atoms with Crippen molar-refractivity contribution in [3.63, 3.8) is 0 Å². The first-order chi connectivity index (χ1) is 13.7. The van der Waals surface area contributed by atoms with Crippen LogP contribution in [0.2, 0.25) is 0 Å². The summed E-state index contributed by atoms with van der Waals surface area (Å²) < 4.78 is 0. The molecule has 1 atom stereocenters. The van der Waals surface area contributed by atoms with Gasteiger partial charge in [-0.3, -0.25) is 9.89 Å². The summed E-state index contributed by atoms with van der Waals surface area (Å²) in [5.41, 5.74) is 9.30. The SMILES string of the molecule is CCC(CN=C(N)N1CCN(c2nccs2)CC1)N1CCc2ccccc2C1. The van der Waals surface area contributed by atoms with E-state index < -0.39 is 0 Å². The molecule has 1 aromatic heterocycles. The van der Waals surface area contributed by atoms with Crippen molar-refractivity contribution < 1.29 is 0 Å². The highest BCUT2D eigenvalue weighted by atomic mass is 32.1. The van der Waals surface area contributed by atoms with Crippen molar-refractivity contribution >= 4 is 22.4 Å². The molecule has 0 spiro atoms. The smallest absolute Gasteiger partial charge is 0.191 e. The topological polar surface area (TPSA) is 61.0 Å². The van der Waals surface area contributed by atoms with E-state index in [1.54, 1.807) is 11.3 Å². The second-order valence-electron chi connectivity index (χ2n) is 7.54. The number of aromatic nitrogens is 1. The van der Waals surface area contributed by atoms with E-state index in [1.165, 1.54) is 11.1 Å². The van der Waals surface area contributed by atoms with Crippen LogP contribution in [0, 0.1) is 0 Å². The van der Waals surface area contributed by atoms with E-state index in [0.29, 0.717) is 12.0 Å². The van der Waals surface area contributed by atoms with E-state index >= 15 is 0 Å². The molecule has 2 aliphatic rings. The van der Waals surface area contributed by atoms with Gasteiger partial charge in [0.25, 0.3) is 0 Å². The predicted molar refractivity (Wildman–Crippen MR) is 117 cm³/mol. The van der Waals surface area contributed by atoms with E-state index in [2.05, 4.69) is 50.9 Å². The molecular formula is C21H30N6S. The summed E-state index contributed by atoms with van der Waals surface area (Å²) in [6.45, 7) is 8.87. The number of nitrogens with two attached hydrogens (primary N) is 1. The number of benzene rings is 1. The average Bonchev–Trinajstić information content (AvgIpc) is 3.29. The van der Waals surface area contributed by atoms with E-state index in [1.807, 2.05) is 11.6 Å². The number of aliphatic imine (C=N–C) groups is 1. The molecular weight excluding hydrogens is 368 g/mol. The Hall–Kier alpha value is -2.12. The number of piperazine rings is 1. The van der Waals surface area contributed by atoms with Crippen LogP contribution in [0.1, 0.15) is 24.5 Å². The molecule has 150 valence electrons. The summed E-state index contributed by atoms with van der Waals surface area (Å²) in [5, 5.41) is 3.13. The zero-order valence-electron chi connectivity index (χ0n) is 16.6. The third-order valence-electron chi connectivity index (χ3n) is 5.91. The maximum absolute atomic E-state index is 6.35. The average molecular weight is 399 g/mol. The molecule has 1 saturated heterocycles. The van der Waals surface area contributed by atoms with Crippen LogP contribution >= 0.6 is 11.3 Å². The molecule has 3 heterocycles. The number of anilines is 1. The maximum Gasteiger partial charge on any atom is 0.191 e. The molecule has 0 bridgehead atoms. The quantitative estimate of drug-likeness (QED) is 0.619. The van der Waals surface area contributed by atoms with Crippen LogP contribution in [0.25, 0.3) is 0 Å². The van der Waals surface area contributed by atoms with E-state index in [0.717, 1.165) is 63.8 Å². The fourth-order valence-electron chi connectivity index (χ4n) is 4.13.